The third-order valence-corrected chi connectivity index (χ3v) is 5.28. The molecule has 0 bridgehead atoms. The predicted molar refractivity (Wildman–Crippen MR) is 102 cm³/mol. The van der Waals surface area contributed by atoms with E-state index in [0.717, 1.165) is 42.1 Å². The number of hydrogen-bond acceptors (Lipinski definition) is 3. The lowest BCUT2D eigenvalue weighted by atomic mass is 10.1. The fourth-order valence-electron chi connectivity index (χ4n) is 3.76. The van der Waals surface area contributed by atoms with E-state index in [1.54, 1.807) is 0 Å². The molecule has 1 aromatic heterocycles. The molecule has 1 saturated heterocycles. The minimum absolute atomic E-state index is 0.0496. The number of amides is 1. The molecule has 5 nitrogen and oxygen atoms in total. The van der Waals surface area contributed by atoms with Crippen molar-refractivity contribution in [3.8, 4) is 22.5 Å². The minimum atomic E-state index is 0.0496. The first-order chi connectivity index (χ1) is 12.8. The number of nitrogens with one attached hydrogen (secondary N) is 2. The number of aromatic nitrogens is 2. The van der Waals surface area contributed by atoms with Crippen molar-refractivity contribution in [3.63, 3.8) is 0 Å². The topological polar surface area (TPSA) is 61.0 Å². The van der Waals surface area contributed by atoms with Gasteiger partial charge in [0.25, 0.3) is 0 Å². The normalized spacial score (nSPS) is 15.2. The van der Waals surface area contributed by atoms with Crippen molar-refractivity contribution in [1.82, 2.24) is 15.1 Å². The van der Waals surface area contributed by atoms with E-state index in [4.69, 9.17) is 0 Å². The number of nitrogens with zero attached hydrogens (tertiary/aromatic N) is 2. The first-order valence-electron chi connectivity index (χ1n) is 9.06. The monoisotopic (exact) mass is 344 g/mol. The number of anilines is 1. The summed E-state index contributed by atoms with van der Waals surface area (Å²) in [5, 5.41) is 10.7. The second-order valence-corrected chi connectivity index (χ2v) is 7.01. The number of fused-ring (bicyclic) bond motifs is 3. The average molecular weight is 344 g/mol. The van der Waals surface area contributed by atoms with Gasteiger partial charge in [0.05, 0.1) is 17.9 Å². The molecule has 5 heteroatoms. The van der Waals surface area contributed by atoms with Gasteiger partial charge in [0.15, 0.2) is 0 Å². The lowest BCUT2D eigenvalue weighted by Gasteiger charge is -2.29. The molecule has 0 saturated carbocycles. The van der Waals surface area contributed by atoms with Crippen LogP contribution < -0.4 is 5.32 Å². The minimum Gasteiger partial charge on any atom is -0.325 e. The lowest BCUT2D eigenvalue weighted by Crippen LogP contribution is -2.42. The quantitative estimate of drug-likeness (QED) is 0.597. The predicted octanol–water partition coefficient (Wildman–Crippen LogP) is 3.29. The van der Waals surface area contributed by atoms with Crippen molar-refractivity contribution >= 4 is 11.6 Å². The summed E-state index contributed by atoms with van der Waals surface area (Å²) in [7, 11) is 0. The molecule has 0 atom stereocenters. The summed E-state index contributed by atoms with van der Waals surface area (Å²) in [5.41, 5.74) is 7.85. The molecule has 2 aliphatic rings. The van der Waals surface area contributed by atoms with E-state index in [2.05, 4.69) is 44.7 Å². The first kappa shape index (κ1) is 15.3. The molecule has 0 spiro atoms. The Morgan fingerprint density at radius 3 is 2.69 bits per heavy atom. The molecule has 5 rings (SSSR count). The van der Waals surface area contributed by atoms with Gasteiger partial charge in [-0.25, -0.2) is 0 Å². The average Bonchev–Trinajstić information content (AvgIpc) is 3.18. The van der Waals surface area contributed by atoms with Crippen LogP contribution in [0, 0.1) is 0 Å². The van der Waals surface area contributed by atoms with Crippen LogP contribution in [-0.2, 0) is 11.2 Å². The van der Waals surface area contributed by atoms with E-state index >= 15 is 0 Å². The molecule has 2 aromatic carbocycles. The highest BCUT2D eigenvalue weighted by Crippen LogP contribution is 2.39. The molecule has 2 heterocycles. The van der Waals surface area contributed by atoms with E-state index in [-0.39, 0.29) is 5.91 Å². The molecule has 130 valence electrons. The van der Waals surface area contributed by atoms with E-state index in [9.17, 15) is 4.79 Å². The lowest BCUT2D eigenvalue weighted by molar-refractivity contribution is -0.118. The molecule has 1 amide bonds. The number of rotatable bonds is 4. The van der Waals surface area contributed by atoms with Gasteiger partial charge in [0.1, 0.15) is 0 Å². The second-order valence-electron chi connectivity index (χ2n) is 7.01. The fourth-order valence-corrected chi connectivity index (χ4v) is 3.76. The van der Waals surface area contributed by atoms with Crippen LogP contribution >= 0.6 is 0 Å². The zero-order chi connectivity index (χ0) is 17.5. The zero-order valence-electron chi connectivity index (χ0n) is 14.5. The van der Waals surface area contributed by atoms with E-state index < -0.39 is 0 Å². The third kappa shape index (κ3) is 2.61. The van der Waals surface area contributed by atoms with E-state index in [1.165, 1.54) is 23.1 Å². The van der Waals surface area contributed by atoms with Crippen LogP contribution in [0.25, 0.3) is 22.5 Å². The van der Waals surface area contributed by atoms with Gasteiger partial charge in [-0.05, 0) is 37.2 Å². The van der Waals surface area contributed by atoms with Crippen LogP contribution in [0.3, 0.4) is 0 Å². The molecule has 3 aromatic rings. The van der Waals surface area contributed by atoms with Gasteiger partial charge < -0.3 is 5.32 Å². The molecule has 1 aliphatic heterocycles. The summed E-state index contributed by atoms with van der Waals surface area (Å²) >= 11 is 0. The number of carbonyl (C=O) groups excluding carboxylic acids is 1. The van der Waals surface area contributed by atoms with Crippen LogP contribution in [0.1, 0.15) is 17.5 Å². The number of benzene rings is 2. The highest BCUT2D eigenvalue weighted by molar-refractivity contribution is 5.92. The largest absolute Gasteiger partial charge is 0.325 e. The third-order valence-electron chi connectivity index (χ3n) is 5.28. The Labute approximate surface area is 152 Å². The van der Waals surface area contributed by atoms with Crippen molar-refractivity contribution in [1.29, 1.82) is 0 Å². The molecular formula is C21H20N4O. The van der Waals surface area contributed by atoms with Crippen molar-refractivity contribution in [2.45, 2.75) is 12.8 Å². The summed E-state index contributed by atoms with van der Waals surface area (Å²) in [5.74, 6) is 0.0496. The van der Waals surface area contributed by atoms with Gasteiger partial charge in [-0.15, -0.1) is 0 Å². The summed E-state index contributed by atoms with van der Waals surface area (Å²) < 4.78 is 0. The van der Waals surface area contributed by atoms with E-state index in [1.807, 2.05) is 24.3 Å². The molecule has 0 unspecified atom stereocenters. The van der Waals surface area contributed by atoms with Gasteiger partial charge in [0.2, 0.25) is 5.91 Å². The number of hydrogen-bond donors (Lipinski definition) is 2. The maximum atomic E-state index is 12.0. The second kappa shape index (κ2) is 6.11. The Morgan fingerprint density at radius 2 is 1.92 bits per heavy atom. The Kier molecular flexibility index (Phi) is 3.60. The Balaban J connectivity index is 1.34. The van der Waals surface area contributed by atoms with Gasteiger partial charge in [0, 0.05) is 28.8 Å². The summed E-state index contributed by atoms with van der Waals surface area (Å²) in [6.07, 6.45) is 2.10. The van der Waals surface area contributed by atoms with Gasteiger partial charge in [-0.3, -0.25) is 14.8 Å². The van der Waals surface area contributed by atoms with E-state index in [0.29, 0.717) is 6.54 Å². The SMILES string of the molecule is O=C(CN1CCC1)Nc1ccc(-c2n[nH]c3c2Cc2ccccc2-3)cc1. The molecule has 2 N–H and O–H groups in total. The zero-order valence-corrected chi connectivity index (χ0v) is 14.5. The van der Waals surface area contributed by atoms with Crippen LogP contribution in [0.2, 0.25) is 0 Å². The van der Waals surface area contributed by atoms with Crippen LogP contribution in [-0.4, -0.2) is 40.6 Å². The number of aromatic amines is 1. The van der Waals surface area contributed by atoms with Crippen LogP contribution in [0.5, 0.6) is 0 Å². The first-order valence-corrected chi connectivity index (χ1v) is 9.06. The van der Waals surface area contributed by atoms with Crippen molar-refractivity contribution in [2.24, 2.45) is 0 Å². The Morgan fingerprint density at radius 1 is 1.12 bits per heavy atom. The maximum absolute atomic E-state index is 12.0. The number of likely N-dealkylation sites (tertiary alicyclic amines) is 1. The maximum Gasteiger partial charge on any atom is 0.238 e. The van der Waals surface area contributed by atoms with Gasteiger partial charge >= 0.3 is 0 Å². The number of carbonyl (C=O) groups is 1. The molecular weight excluding hydrogens is 324 g/mol. The molecule has 0 radical (unpaired) electrons. The van der Waals surface area contributed by atoms with Crippen molar-refractivity contribution in [2.75, 3.05) is 25.0 Å². The fraction of sp³-hybridized carbons (Fsp3) is 0.238. The number of H-pyrrole nitrogens is 1. The van der Waals surface area contributed by atoms with Crippen molar-refractivity contribution < 1.29 is 4.79 Å². The Bertz CT molecular complexity index is 970. The summed E-state index contributed by atoms with van der Waals surface area (Å²) in [4.78, 5) is 14.2. The van der Waals surface area contributed by atoms with Crippen LogP contribution in [0.15, 0.2) is 48.5 Å². The van der Waals surface area contributed by atoms with Crippen LogP contribution in [0.4, 0.5) is 5.69 Å². The molecule has 26 heavy (non-hydrogen) atoms. The smallest absolute Gasteiger partial charge is 0.238 e. The highest BCUT2D eigenvalue weighted by atomic mass is 16.2. The summed E-state index contributed by atoms with van der Waals surface area (Å²) in [6, 6.07) is 16.4. The Hall–Kier alpha value is -2.92. The standard InChI is InChI=1S/C21H20N4O/c26-19(13-25-10-3-11-25)22-16-8-6-14(7-9-16)20-18-12-15-4-1-2-5-17(15)21(18)24-23-20/h1-2,4-9H,3,10-13H2,(H,22,26)(H,23,24). The highest BCUT2D eigenvalue weighted by Gasteiger charge is 2.24. The summed E-state index contributed by atoms with van der Waals surface area (Å²) in [6.45, 7) is 2.53. The molecule has 1 aliphatic carbocycles. The van der Waals surface area contributed by atoms with Gasteiger partial charge in [-0.2, -0.15) is 5.10 Å². The van der Waals surface area contributed by atoms with Crippen molar-refractivity contribution in [3.05, 3.63) is 59.7 Å². The molecule has 1 fully saturated rings. The van der Waals surface area contributed by atoms with Gasteiger partial charge in [-0.1, -0.05) is 36.4 Å².